The molecule has 1 amide bonds. The van der Waals surface area contributed by atoms with Crippen LogP contribution in [0.4, 0.5) is 14.5 Å². The predicted octanol–water partition coefficient (Wildman–Crippen LogP) is 4.07. The largest absolute Gasteiger partial charge is 0.450 e. The van der Waals surface area contributed by atoms with Crippen LogP contribution in [0.3, 0.4) is 0 Å². The van der Waals surface area contributed by atoms with E-state index in [0.29, 0.717) is 5.56 Å². The van der Waals surface area contributed by atoms with E-state index in [2.05, 4.69) is 10.3 Å². The highest BCUT2D eigenvalue weighted by molar-refractivity contribution is 7.90. The first-order valence-electron chi connectivity index (χ1n) is 10.1. The zero-order valence-corrected chi connectivity index (χ0v) is 19.0. The van der Waals surface area contributed by atoms with Crippen LogP contribution >= 0.6 is 0 Å². The number of ether oxygens (including phenoxy) is 1. The Hall–Kier alpha value is -3.83. The van der Waals surface area contributed by atoms with Crippen LogP contribution in [0.2, 0.25) is 0 Å². The lowest BCUT2D eigenvalue weighted by Gasteiger charge is -2.12. The van der Waals surface area contributed by atoms with Crippen molar-refractivity contribution in [1.82, 2.24) is 8.96 Å². The van der Waals surface area contributed by atoms with E-state index < -0.39 is 33.3 Å². The first-order valence-corrected chi connectivity index (χ1v) is 11.5. The van der Waals surface area contributed by atoms with Crippen molar-refractivity contribution in [3.63, 3.8) is 0 Å². The van der Waals surface area contributed by atoms with Crippen LogP contribution in [-0.2, 0) is 21.4 Å². The minimum atomic E-state index is -4.04. The third-order valence-electron chi connectivity index (χ3n) is 5.02. The molecule has 176 valence electrons. The fourth-order valence-corrected chi connectivity index (χ4v) is 4.80. The molecule has 11 heteroatoms. The van der Waals surface area contributed by atoms with Gasteiger partial charge in [0.1, 0.15) is 5.75 Å². The first kappa shape index (κ1) is 23.3. The highest BCUT2D eigenvalue weighted by Gasteiger charge is 2.25. The molecule has 0 bridgehead atoms. The average Bonchev–Trinajstić information content (AvgIpc) is 3.16. The summed E-state index contributed by atoms with van der Waals surface area (Å²) < 4.78 is 62.3. The summed E-state index contributed by atoms with van der Waals surface area (Å²) >= 11 is 0. The molecule has 0 aliphatic heterocycles. The molecule has 0 unspecified atom stereocenters. The van der Waals surface area contributed by atoms with Crippen LogP contribution in [0.25, 0.3) is 11.0 Å². The Morgan fingerprint density at radius 3 is 2.38 bits per heavy atom. The molecule has 2 heterocycles. The summed E-state index contributed by atoms with van der Waals surface area (Å²) in [5, 5.41) is 2.49. The first-order chi connectivity index (χ1) is 16.1. The molecule has 0 spiro atoms. The van der Waals surface area contributed by atoms with Gasteiger partial charge >= 0.3 is 0 Å². The van der Waals surface area contributed by atoms with Gasteiger partial charge < -0.3 is 15.8 Å². The number of carbonyl (C=O) groups is 1. The summed E-state index contributed by atoms with van der Waals surface area (Å²) in [7, 11) is -4.04. The fourth-order valence-electron chi connectivity index (χ4n) is 3.46. The van der Waals surface area contributed by atoms with Gasteiger partial charge in [-0.15, -0.1) is 0 Å². The van der Waals surface area contributed by atoms with Gasteiger partial charge in [-0.2, -0.15) is 0 Å². The number of rotatable bonds is 6. The maximum Gasteiger partial charge on any atom is 0.269 e. The standard InChI is InChI=1S/C23H20F2N4O4S/c1-13-3-5-17(6-4-13)34(31,32)29-12-15(11-26)21-20(7-8-27-23(21)29)33-22-18(24)9-16(10-19(22)25)28-14(2)30/h3-10,12H,11,26H2,1-2H3,(H,28,30). The minimum Gasteiger partial charge on any atom is -0.450 e. The number of carbonyl (C=O) groups excluding carboxylic acids is 1. The SMILES string of the molecule is CC(=O)Nc1cc(F)c(Oc2ccnc3c2c(CN)cn3S(=O)(=O)c2ccc(C)cc2)c(F)c1. The number of hydrogen-bond donors (Lipinski definition) is 2. The summed E-state index contributed by atoms with van der Waals surface area (Å²) in [5.74, 6) is -3.37. The number of amides is 1. The van der Waals surface area contributed by atoms with Crippen LogP contribution in [-0.4, -0.2) is 23.3 Å². The Labute approximate surface area is 194 Å². The lowest BCUT2D eigenvalue weighted by Crippen LogP contribution is -2.12. The van der Waals surface area contributed by atoms with Crippen molar-refractivity contribution in [2.45, 2.75) is 25.3 Å². The van der Waals surface area contributed by atoms with E-state index >= 15 is 0 Å². The van der Waals surface area contributed by atoms with Crippen molar-refractivity contribution in [1.29, 1.82) is 0 Å². The summed E-state index contributed by atoms with van der Waals surface area (Å²) in [4.78, 5) is 15.4. The number of halogens is 2. The molecule has 3 N–H and O–H groups in total. The Kier molecular flexibility index (Phi) is 6.07. The second kappa shape index (κ2) is 8.84. The summed E-state index contributed by atoms with van der Waals surface area (Å²) in [6, 6.07) is 9.46. The van der Waals surface area contributed by atoms with Crippen molar-refractivity contribution >= 4 is 32.7 Å². The number of nitrogens with one attached hydrogen (secondary N) is 1. The number of anilines is 1. The molecule has 0 aliphatic rings. The summed E-state index contributed by atoms with van der Waals surface area (Å²) in [6.45, 7) is 2.96. The molecule has 0 saturated heterocycles. The maximum atomic E-state index is 14.6. The number of aromatic nitrogens is 2. The normalized spacial score (nSPS) is 11.6. The van der Waals surface area contributed by atoms with Crippen LogP contribution < -0.4 is 15.8 Å². The Morgan fingerprint density at radius 2 is 1.79 bits per heavy atom. The zero-order valence-electron chi connectivity index (χ0n) is 18.2. The van der Waals surface area contributed by atoms with E-state index in [9.17, 15) is 22.0 Å². The quantitative estimate of drug-likeness (QED) is 0.424. The van der Waals surface area contributed by atoms with Crippen molar-refractivity contribution in [2.75, 3.05) is 5.32 Å². The molecule has 8 nitrogen and oxygen atoms in total. The molecular formula is C23H20F2N4O4S. The van der Waals surface area contributed by atoms with Gasteiger partial charge in [0.05, 0.1) is 10.3 Å². The molecule has 2 aromatic heterocycles. The van der Waals surface area contributed by atoms with E-state index in [1.165, 1.54) is 37.5 Å². The van der Waals surface area contributed by atoms with Gasteiger partial charge in [-0.05, 0) is 30.7 Å². The number of nitrogens with two attached hydrogens (primary N) is 1. The van der Waals surface area contributed by atoms with Crippen molar-refractivity contribution in [3.05, 3.63) is 77.6 Å². The summed E-state index contributed by atoms with van der Waals surface area (Å²) in [5.41, 5.74) is 7.00. The van der Waals surface area contributed by atoms with E-state index in [-0.39, 0.29) is 33.9 Å². The van der Waals surface area contributed by atoms with Crippen molar-refractivity contribution in [3.8, 4) is 11.5 Å². The van der Waals surface area contributed by atoms with Gasteiger partial charge in [0, 0.05) is 43.7 Å². The van der Waals surface area contributed by atoms with E-state index in [1.807, 2.05) is 6.92 Å². The number of benzene rings is 2. The highest BCUT2D eigenvalue weighted by atomic mass is 32.2. The summed E-state index contributed by atoms with van der Waals surface area (Å²) in [6.07, 6.45) is 2.58. The third-order valence-corrected chi connectivity index (χ3v) is 6.69. The van der Waals surface area contributed by atoms with Crippen LogP contribution in [0.15, 0.2) is 59.8 Å². The second-order valence-electron chi connectivity index (χ2n) is 7.53. The Morgan fingerprint density at radius 1 is 1.15 bits per heavy atom. The zero-order chi connectivity index (χ0) is 24.6. The molecule has 0 radical (unpaired) electrons. The molecule has 34 heavy (non-hydrogen) atoms. The second-order valence-corrected chi connectivity index (χ2v) is 9.35. The van der Waals surface area contributed by atoms with Crippen LogP contribution in [0, 0.1) is 18.6 Å². The van der Waals surface area contributed by atoms with Gasteiger partial charge in [0.15, 0.2) is 23.0 Å². The topological polar surface area (TPSA) is 116 Å². The number of nitrogens with zero attached hydrogens (tertiary/aromatic N) is 2. The van der Waals surface area contributed by atoms with Gasteiger partial charge in [-0.25, -0.2) is 26.2 Å². The predicted molar refractivity (Wildman–Crippen MR) is 122 cm³/mol. The molecule has 0 fully saturated rings. The smallest absolute Gasteiger partial charge is 0.269 e. The Balaban J connectivity index is 1.83. The molecule has 0 atom stereocenters. The fraction of sp³-hybridized carbons (Fsp3) is 0.130. The van der Waals surface area contributed by atoms with Crippen LogP contribution in [0.5, 0.6) is 11.5 Å². The minimum absolute atomic E-state index is 0.00536. The third kappa shape index (κ3) is 4.22. The van der Waals surface area contributed by atoms with Crippen LogP contribution in [0.1, 0.15) is 18.1 Å². The highest BCUT2D eigenvalue weighted by Crippen LogP contribution is 2.37. The van der Waals surface area contributed by atoms with E-state index in [1.54, 1.807) is 12.1 Å². The molecule has 2 aromatic carbocycles. The number of hydrogen-bond acceptors (Lipinski definition) is 6. The van der Waals surface area contributed by atoms with Gasteiger partial charge in [-0.1, -0.05) is 17.7 Å². The average molecular weight is 487 g/mol. The van der Waals surface area contributed by atoms with E-state index in [0.717, 1.165) is 21.7 Å². The lowest BCUT2D eigenvalue weighted by atomic mass is 10.2. The Bertz CT molecular complexity index is 1490. The molecule has 0 aliphatic carbocycles. The van der Waals surface area contributed by atoms with Gasteiger partial charge in [-0.3, -0.25) is 4.79 Å². The molecular weight excluding hydrogens is 466 g/mol. The lowest BCUT2D eigenvalue weighted by molar-refractivity contribution is -0.114. The number of aryl methyl sites for hydroxylation is 1. The number of fused-ring (bicyclic) bond motifs is 1. The van der Waals surface area contributed by atoms with Gasteiger partial charge in [0.25, 0.3) is 10.0 Å². The molecule has 4 rings (SSSR count). The van der Waals surface area contributed by atoms with Gasteiger partial charge in [0.2, 0.25) is 5.91 Å². The van der Waals surface area contributed by atoms with Crippen molar-refractivity contribution in [2.24, 2.45) is 5.73 Å². The number of pyridine rings is 1. The van der Waals surface area contributed by atoms with Crippen molar-refractivity contribution < 1.29 is 26.7 Å². The monoisotopic (exact) mass is 486 g/mol. The maximum absolute atomic E-state index is 14.6. The van der Waals surface area contributed by atoms with E-state index in [4.69, 9.17) is 10.5 Å². The molecule has 4 aromatic rings. The molecule has 0 saturated carbocycles.